The Hall–Kier alpha value is -4.71. The number of hydrogen-bond donors (Lipinski definition) is 0. The van der Waals surface area contributed by atoms with E-state index >= 15 is 0 Å². The van der Waals surface area contributed by atoms with Crippen LogP contribution >= 0.6 is 0 Å². The second-order valence-electron chi connectivity index (χ2n) is 19.5. The van der Waals surface area contributed by atoms with E-state index in [2.05, 4.69) is 167 Å². The van der Waals surface area contributed by atoms with Crippen molar-refractivity contribution in [3.8, 4) is 0 Å². The van der Waals surface area contributed by atoms with Crippen molar-refractivity contribution < 1.29 is 28.6 Å². The van der Waals surface area contributed by atoms with Gasteiger partial charge in [0.25, 0.3) is 0 Å². The van der Waals surface area contributed by atoms with Crippen LogP contribution in [0.15, 0.2) is 146 Å². The van der Waals surface area contributed by atoms with Crippen LogP contribution in [0.25, 0.3) is 0 Å². The van der Waals surface area contributed by atoms with Crippen molar-refractivity contribution in [3.05, 3.63) is 146 Å². The molecule has 0 aromatic rings. The SMILES string of the molecule is CC/C=C\C/C=C\C/C=C\C/C=C\C/C=C\C/C=C\C/C=C\C/C=C\CCCCC(=O)OCC(COC(=O)CCCCCCC/C=C\CCCCCC)OC(=O)CCCCCCCCC/C=C\C/C=C\C/C=C\CC. The van der Waals surface area contributed by atoms with Crippen LogP contribution in [-0.4, -0.2) is 37.2 Å². The molecular formula is C69H110O6. The summed E-state index contributed by atoms with van der Waals surface area (Å²) in [6, 6.07) is 0. The number of rotatable bonds is 53. The first kappa shape index (κ1) is 70.3. The largest absolute Gasteiger partial charge is 0.462 e. The average molecular weight is 1040 g/mol. The molecule has 0 amide bonds. The first-order valence-electron chi connectivity index (χ1n) is 30.3. The maximum atomic E-state index is 12.9. The van der Waals surface area contributed by atoms with Gasteiger partial charge in [-0.3, -0.25) is 14.4 Å². The number of carbonyl (C=O) groups is 3. The molecule has 6 heteroatoms. The highest BCUT2D eigenvalue weighted by Gasteiger charge is 2.19. The van der Waals surface area contributed by atoms with Crippen molar-refractivity contribution in [2.45, 2.75) is 258 Å². The second kappa shape index (κ2) is 61.8. The lowest BCUT2D eigenvalue weighted by Crippen LogP contribution is -2.30. The van der Waals surface area contributed by atoms with Crippen molar-refractivity contribution in [1.82, 2.24) is 0 Å². The predicted molar refractivity (Wildman–Crippen MR) is 325 cm³/mol. The highest BCUT2D eigenvalue weighted by molar-refractivity contribution is 5.71. The van der Waals surface area contributed by atoms with E-state index in [-0.39, 0.29) is 31.1 Å². The van der Waals surface area contributed by atoms with E-state index in [0.29, 0.717) is 25.7 Å². The van der Waals surface area contributed by atoms with Gasteiger partial charge in [0.05, 0.1) is 0 Å². The number of allylic oxidation sites excluding steroid dienone is 24. The number of carbonyl (C=O) groups excluding carboxylic acids is 3. The van der Waals surface area contributed by atoms with Gasteiger partial charge in [0.15, 0.2) is 6.10 Å². The number of hydrogen-bond acceptors (Lipinski definition) is 6. The molecule has 0 N–H and O–H groups in total. The second-order valence-corrected chi connectivity index (χ2v) is 19.5. The van der Waals surface area contributed by atoms with Crippen LogP contribution in [0.4, 0.5) is 0 Å². The molecule has 0 saturated carbocycles. The molecule has 0 heterocycles. The molecule has 422 valence electrons. The van der Waals surface area contributed by atoms with Crippen molar-refractivity contribution in [2.75, 3.05) is 13.2 Å². The zero-order valence-corrected chi connectivity index (χ0v) is 48.3. The van der Waals surface area contributed by atoms with Gasteiger partial charge in [0, 0.05) is 19.3 Å². The van der Waals surface area contributed by atoms with E-state index in [1.807, 2.05) is 0 Å². The fourth-order valence-corrected chi connectivity index (χ4v) is 7.82. The van der Waals surface area contributed by atoms with E-state index in [0.717, 1.165) is 148 Å². The van der Waals surface area contributed by atoms with Crippen LogP contribution in [0.1, 0.15) is 252 Å². The summed E-state index contributed by atoms with van der Waals surface area (Å²) in [6.45, 7) is 6.34. The predicted octanol–water partition coefficient (Wildman–Crippen LogP) is 20.8. The van der Waals surface area contributed by atoms with Gasteiger partial charge in [0.2, 0.25) is 0 Å². The zero-order chi connectivity index (χ0) is 54.3. The summed E-state index contributed by atoms with van der Waals surface area (Å²) in [4.78, 5) is 38.2. The van der Waals surface area contributed by atoms with Gasteiger partial charge in [0.1, 0.15) is 13.2 Å². The van der Waals surface area contributed by atoms with Crippen LogP contribution < -0.4 is 0 Å². The summed E-state index contributed by atoms with van der Waals surface area (Å²) >= 11 is 0. The fourth-order valence-electron chi connectivity index (χ4n) is 7.82. The summed E-state index contributed by atoms with van der Waals surface area (Å²) < 4.78 is 16.8. The molecule has 0 fully saturated rings. The van der Waals surface area contributed by atoms with Crippen molar-refractivity contribution >= 4 is 17.9 Å². The van der Waals surface area contributed by atoms with Crippen LogP contribution in [-0.2, 0) is 28.6 Å². The maximum Gasteiger partial charge on any atom is 0.306 e. The highest BCUT2D eigenvalue weighted by Crippen LogP contribution is 2.14. The third-order valence-corrected chi connectivity index (χ3v) is 12.3. The third kappa shape index (κ3) is 60.0. The minimum Gasteiger partial charge on any atom is -0.462 e. The standard InChI is InChI=1S/C69H110O6/c1-4-7-10-13-16-19-22-25-27-29-30-31-32-33-34-35-36-37-38-40-41-44-47-50-53-56-59-62-68(71)74-65-66(64-73-67(70)61-58-55-52-49-46-43-24-21-18-15-12-9-6-3)75-69(72)63-60-57-54-51-48-45-42-39-28-26-23-20-17-14-11-8-5-2/h7-8,10-11,16-17,19-21,24-28,30-31,33-34,36-37,40-41,47,50,66H,4-6,9,12-15,18,22-23,29,32,35,38-39,42-46,48-49,51-65H2,1-3H3/b10-7-,11-8-,19-16-,20-17-,24-21-,27-25-,28-26-,31-30-,34-33-,37-36-,41-40-,50-47-. The molecular weight excluding hydrogens is 925 g/mol. The molecule has 1 unspecified atom stereocenters. The summed E-state index contributed by atoms with van der Waals surface area (Å²) in [5.74, 6) is -0.973. The van der Waals surface area contributed by atoms with Gasteiger partial charge in [-0.1, -0.05) is 237 Å². The molecule has 0 radical (unpaired) electrons. The zero-order valence-electron chi connectivity index (χ0n) is 48.3. The first-order valence-corrected chi connectivity index (χ1v) is 30.3. The van der Waals surface area contributed by atoms with Crippen LogP contribution in [0, 0.1) is 0 Å². The van der Waals surface area contributed by atoms with Gasteiger partial charge < -0.3 is 14.2 Å². The molecule has 0 aromatic heterocycles. The van der Waals surface area contributed by atoms with Gasteiger partial charge in [-0.15, -0.1) is 0 Å². The first-order chi connectivity index (χ1) is 37.0. The lowest BCUT2D eigenvalue weighted by molar-refractivity contribution is -0.167. The lowest BCUT2D eigenvalue weighted by Gasteiger charge is -2.18. The maximum absolute atomic E-state index is 12.9. The summed E-state index contributed by atoms with van der Waals surface area (Å²) in [7, 11) is 0. The van der Waals surface area contributed by atoms with Gasteiger partial charge in [-0.05, 0) is 141 Å². The Morgan fingerprint density at radius 2 is 0.520 bits per heavy atom. The van der Waals surface area contributed by atoms with Crippen LogP contribution in [0.3, 0.4) is 0 Å². The number of unbranched alkanes of at least 4 members (excludes halogenated alkanes) is 18. The number of esters is 3. The average Bonchev–Trinajstić information content (AvgIpc) is 3.41. The molecule has 0 aromatic carbocycles. The van der Waals surface area contributed by atoms with E-state index in [4.69, 9.17) is 14.2 Å². The van der Waals surface area contributed by atoms with Gasteiger partial charge in [-0.2, -0.15) is 0 Å². The fraction of sp³-hybridized carbons (Fsp3) is 0.609. The lowest BCUT2D eigenvalue weighted by atomic mass is 10.1. The molecule has 0 aliphatic heterocycles. The minimum absolute atomic E-state index is 0.105. The molecule has 0 spiro atoms. The Morgan fingerprint density at radius 1 is 0.280 bits per heavy atom. The van der Waals surface area contributed by atoms with Crippen LogP contribution in [0.2, 0.25) is 0 Å². The molecule has 6 nitrogen and oxygen atoms in total. The van der Waals surface area contributed by atoms with E-state index in [1.54, 1.807) is 0 Å². The molecule has 0 aliphatic rings. The van der Waals surface area contributed by atoms with E-state index in [1.165, 1.54) is 57.8 Å². The molecule has 75 heavy (non-hydrogen) atoms. The Balaban J connectivity index is 4.46. The normalized spacial score (nSPS) is 13.2. The summed E-state index contributed by atoms with van der Waals surface area (Å²) in [5.41, 5.74) is 0. The Bertz CT molecular complexity index is 1660. The smallest absolute Gasteiger partial charge is 0.306 e. The van der Waals surface area contributed by atoms with Crippen LogP contribution in [0.5, 0.6) is 0 Å². The highest BCUT2D eigenvalue weighted by atomic mass is 16.6. The third-order valence-electron chi connectivity index (χ3n) is 12.3. The van der Waals surface area contributed by atoms with E-state index < -0.39 is 6.10 Å². The van der Waals surface area contributed by atoms with Gasteiger partial charge in [-0.25, -0.2) is 0 Å². The minimum atomic E-state index is -0.812. The molecule has 0 aliphatic carbocycles. The quantitative estimate of drug-likeness (QED) is 0.0261. The molecule has 0 bridgehead atoms. The van der Waals surface area contributed by atoms with E-state index in [9.17, 15) is 14.4 Å². The Kier molecular flexibility index (Phi) is 58.0. The van der Waals surface area contributed by atoms with Crippen molar-refractivity contribution in [1.29, 1.82) is 0 Å². The Morgan fingerprint density at radius 3 is 0.853 bits per heavy atom. The van der Waals surface area contributed by atoms with Crippen molar-refractivity contribution in [3.63, 3.8) is 0 Å². The topological polar surface area (TPSA) is 78.9 Å². The summed E-state index contributed by atoms with van der Waals surface area (Å²) in [5, 5.41) is 0. The molecule has 0 rings (SSSR count). The van der Waals surface area contributed by atoms with Crippen molar-refractivity contribution in [2.24, 2.45) is 0 Å². The summed E-state index contributed by atoms with van der Waals surface area (Å²) in [6.07, 6.45) is 88.4. The van der Waals surface area contributed by atoms with Gasteiger partial charge >= 0.3 is 17.9 Å². The monoisotopic (exact) mass is 1030 g/mol. The number of ether oxygens (including phenoxy) is 3. The Labute approximate surface area is 461 Å². The molecule has 1 atom stereocenters. The molecule has 0 saturated heterocycles.